The summed E-state index contributed by atoms with van der Waals surface area (Å²) in [7, 11) is 0. The smallest absolute Gasteiger partial charge is 0.265 e. The van der Waals surface area contributed by atoms with Crippen LogP contribution in [0, 0.1) is 6.92 Å². The van der Waals surface area contributed by atoms with Gasteiger partial charge < -0.3 is 5.32 Å². The molecule has 0 aliphatic rings. The van der Waals surface area contributed by atoms with Crippen molar-refractivity contribution in [1.82, 2.24) is 4.98 Å². The molecule has 106 valence electrons. The second-order valence-electron chi connectivity index (χ2n) is 4.44. The summed E-state index contributed by atoms with van der Waals surface area (Å²) in [6.07, 6.45) is 1.78. The van der Waals surface area contributed by atoms with E-state index in [-0.39, 0.29) is 5.91 Å². The summed E-state index contributed by atoms with van der Waals surface area (Å²) in [5.41, 5.74) is 2.91. The van der Waals surface area contributed by atoms with E-state index >= 15 is 0 Å². The molecule has 0 spiro atoms. The fraction of sp³-hybridized carbons (Fsp3) is 0.0667. The molecule has 1 aromatic carbocycles. The molecule has 0 saturated heterocycles. The number of rotatable bonds is 3. The van der Waals surface area contributed by atoms with E-state index in [1.165, 1.54) is 11.3 Å². The number of halogens is 1. The van der Waals surface area contributed by atoms with Crippen molar-refractivity contribution in [2.24, 2.45) is 0 Å². The van der Waals surface area contributed by atoms with Gasteiger partial charge >= 0.3 is 0 Å². The van der Waals surface area contributed by atoms with Crippen molar-refractivity contribution in [3.63, 3.8) is 0 Å². The van der Waals surface area contributed by atoms with Gasteiger partial charge in [0, 0.05) is 22.8 Å². The number of hydrogen-bond donors (Lipinski definition) is 1. The maximum atomic E-state index is 12.2. The van der Waals surface area contributed by atoms with Crippen LogP contribution >= 0.6 is 38.6 Å². The average molecular weight is 379 g/mol. The van der Waals surface area contributed by atoms with Crippen molar-refractivity contribution in [2.75, 3.05) is 5.32 Å². The number of carbonyl (C=O) groups is 1. The highest BCUT2D eigenvalue weighted by atomic mass is 79.9. The monoisotopic (exact) mass is 378 g/mol. The molecular weight excluding hydrogens is 368 g/mol. The van der Waals surface area contributed by atoms with Gasteiger partial charge in [-0.25, -0.2) is 4.98 Å². The molecule has 6 heteroatoms. The number of carbonyl (C=O) groups excluding carboxylic acids is 1. The Bertz CT molecular complexity index is 744. The number of anilines is 1. The molecule has 3 nitrogen and oxygen atoms in total. The zero-order chi connectivity index (χ0) is 14.8. The minimum Gasteiger partial charge on any atom is -0.321 e. The minimum atomic E-state index is -0.0872. The number of thiazole rings is 1. The van der Waals surface area contributed by atoms with E-state index in [0.717, 1.165) is 25.6 Å². The number of nitrogens with one attached hydrogen (secondary N) is 1. The molecule has 2 heterocycles. The lowest BCUT2D eigenvalue weighted by molar-refractivity contribution is 0.103. The van der Waals surface area contributed by atoms with Crippen LogP contribution in [0.25, 0.3) is 10.6 Å². The molecule has 21 heavy (non-hydrogen) atoms. The fourth-order valence-electron chi connectivity index (χ4n) is 1.83. The van der Waals surface area contributed by atoms with Gasteiger partial charge in [0.25, 0.3) is 5.91 Å². The molecule has 2 aromatic heterocycles. The maximum Gasteiger partial charge on any atom is 0.265 e. The average Bonchev–Trinajstić information content (AvgIpc) is 3.11. The molecule has 0 bridgehead atoms. The zero-order valence-corrected chi connectivity index (χ0v) is 14.3. The number of thiophene rings is 1. The van der Waals surface area contributed by atoms with E-state index in [4.69, 9.17) is 0 Å². The molecule has 0 unspecified atom stereocenters. The summed E-state index contributed by atoms with van der Waals surface area (Å²) in [6, 6.07) is 9.59. The van der Waals surface area contributed by atoms with E-state index in [0.29, 0.717) is 4.88 Å². The molecule has 1 amide bonds. The third-order valence-corrected chi connectivity index (χ3v) is 5.86. The number of hydrogen-bond acceptors (Lipinski definition) is 4. The first-order valence-electron chi connectivity index (χ1n) is 6.21. The molecule has 0 aliphatic heterocycles. The van der Waals surface area contributed by atoms with Crippen LogP contribution in [-0.4, -0.2) is 10.9 Å². The first kappa shape index (κ1) is 14.4. The van der Waals surface area contributed by atoms with Crippen molar-refractivity contribution in [3.8, 4) is 10.6 Å². The Hall–Kier alpha value is -1.50. The van der Waals surface area contributed by atoms with Gasteiger partial charge in [-0.05, 0) is 58.7 Å². The maximum absolute atomic E-state index is 12.2. The van der Waals surface area contributed by atoms with E-state index in [1.54, 1.807) is 17.5 Å². The van der Waals surface area contributed by atoms with Crippen molar-refractivity contribution in [2.45, 2.75) is 6.92 Å². The van der Waals surface area contributed by atoms with Crippen molar-refractivity contribution in [1.29, 1.82) is 0 Å². The largest absolute Gasteiger partial charge is 0.321 e. The molecule has 0 aliphatic carbocycles. The van der Waals surface area contributed by atoms with E-state index < -0.39 is 0 Å². The summed E-state index contributed by atoms with van der Waals surface area (Å²) in [4.78, 5) is 17.1. The van der Waals surface area contributed by atoms with E-state index in [1.807, 2.05) is 42.6 Å². The van der Waals surface area contributed by atoms with Crippen molar-refractivity contribution in [3.05, 3.63) is 56.1 Å². The van der Waals surface area contributed by atoms with Crippen LogP contribution in [0.5, 0.6) is 0 Å². The second kappa shape index (κ2) is 6.09. The normalized spacial score (nSPS) is 10.6. The highest BCUT2D eigenvalue weighted by Gasteiger charge is 2.11. The Morgan fingerprint density at radius 3 is 2.62 bits per heavy atom. The minimum absolute atomic E-state index is 0.0872. The summed E-state index contributed by atoms with van der Waals surface area (Å²) in [6.45, 7) is 1.97. The Labute approximate surface area is 138 Å². The number of aromatic nitrogens is 1. The van der Waals surface area contributed by atoms with Gasteiger partial charge in [-0.3, -0.25) is 4.79 Å². The summed E-state index contributed by atoms with van der Waals surface area (Å²) < 4.78 is 0.992. The standard InChI is InChI=1S/C15H11BrN2OS2/c1-9-8-12(21-13(9)16)14(19)18-11-4-2-10(3-5-11)15-17-6-7-20-15/h2-8H,1H3,(H,18,19). The molecule has 0 fully saturated rings. The van der Waals surface area contributed by atoms with E-state index in [2.05, 4.69) is 26.2 Å². The highest BCUT2D eigenvalue weighted by molar-refractivity contribution is 9.11. The summed E-state index contributed by atoms with van der Waals surface area (Å²) in [5, 5.41) is 5.83. The Morgan fingerprint density at radius 2 is 2.05 bits per heavy atom. The number of aryl methyl sites for hydroxylation is 1. The SMILES string of the molecule is Cc1cc(C(=O)Nc2ccc(-c3nccs3)cc2)sc1Br. The van der Waals surface area contributed by atoms with E-state index in [9.17, 15) is 4.79 Å². The third kappa shape index (κ3) is 3.23. The zero-order valence-electron chi connectivity index (χ0n) is 11.1. The number of amides is 1. The Morgan fingerprint density at radius 1 is 1.29 bits per heavy atom. The third-order valence-electron chi connectivity index (χ3n) is 2.90. The first-order valence-corrected chi connectivity index (χ1v) is 8.69. The summed E-state index contributed by atoms with van der Waals surface area (Å²) in [5.74, 6) is -0.0872. The predicted octanol–water partition coefficient (Wildman–Crippen LogP) is 5.19. The van der Waals surface area contributed by atoms with Gasteiger partial charge in [0.15, 0.2) is 0 Å². The summed E-state index contributed by atoms with van der Waals surface area (Å²) >= 11 is 6.47. The Kier molecular flexibility index (Phi) is 4.19. The molecule has 0 atom stereocenters. The van der Waals surface area contributed by atoms with Gasteiger partial charge in [-0.2, -0.15) is 0 Å². The first-order chi connectivity index (χ1) is 10.1. The molecule has 1 N–H and O–H groups in total. The molecule has 0 saturated carbocycles. The van der Waals surface area contributed by atoms with Crippen LogP contribution in [0.1, 0.15) is 15.2 Å². The molecule has 0 radical (unpaired) electrons. The fourth-order valence-corrected chi connectivity index (χ4v) is 3.90. The predicted molar refractivity (Wildman–Crippen MR) is 92.3 cm³/mol. The second-order valence-corrected chi connectivity index (χ2v) is 7.70. The van der Waals surface area contributed by atoms with Crippen molar-refractivity contribution >= 4 is 50.2 Å². The van der Waals surface area contributed by atoms with Crippen LogP contribution in [0.4, 0.5) is 5.69 Å². The molecule has 3 rings (SSSR count). The molecule has 3 aromatic rings. The van der Waals surface area contributed by atoms with Crippen molar-refractivity contribution < 1.29 is 4.79 Å². The molecular formula is C15H11BrN2OS2. The lowest BCUT2D eigenvalue weighted by atomic mass is 10.2. The number of nitrogens with zero attached hydrogens (tertiary/aromatic N) is 1. The van der Waals surface area contributed by atoms with Gasteiger partial charge in [0.1, 0.15) is 5.01 Å². The lowest BCUT2D eigenvalue weighted by Gasteiger charge is -2.04. The van der Waals surface area contributed by atoms with Gasteiger partial charge in [-0.1, -0.05) is 0 Å². The van der Waals surface area contributed by atoms with Crippen LogP contribution in [0.3, 0.4) is 0 Å². The van der Waals surface area contributed by atoms with Crippen LogP contribution < -0.4 is 5.32 Å². The van der Waals surface area contributed by atoms with Gasteiger partial charge in [0.05, 0.1) is 8.66 Å². The number of benzene rings is 1. The van der Waals surface area contributed by atoms with Crippen LogP contribution in [0.15, 0.2) is 45.7 Å². The van der Waals surface area contributed by atoms with Crippen LogP contribution in [-0.2, 0) is 0 Å². The topological polar surface area (TPSA) is 42.0 Å². The Balaban J connectivity index is 1.74. The van der Waals surface area contributed by atoms with Gasteiger partial charge in [-0.15, -0.1) is 22.7 Å². The quantitative estimate of drug-likeness (QED) is 0.680. The highest BCUT2D eigenvalue weighted by Crippen LogP contribution is 2.28. The lowest BCUT2D eigenvalue weighted by Crippen LogP contribution is -2.09. The van der Waals surface area contributed by atoms with Gasteiger partial charge in [0.2, 0.25) is 0 Å². The van der Waals surface area contributed by atoms with Crippen LogP contribution in [0.2, 0.25) is 0 Å².